The Morgan fingerprint density at radius 2 is 2.04 bits per heavy atom. The lowest BCUT2D eigenvalue weighted by Gasteiger charge is -2.09. The lowest BCUT2D eigenvalue weighted by atomic mass is 10.1. The highest BCUT2D eigenvalue weighted by Gasteiger charge is 2.27. The summed E-state index contributed by atoms with van der Waals surface area (Å²) < 4.78 is 32.9. The standard InChI is InChI=1S/C18H17F2N3O2/c1-25-8-7-21-15-6-5-11(9-14(15)20)22-10-12-17-13(19)3-2-4-16(17)23-18(12)24/h2-6,9-10,21-22H,7-8H2,1H3,(H,23,24). The number of rotatable bonds is 6. The average molecular weight is 345 g/mol. The van der Waals surface area contributed by atoms with Gasteiger partial charge in [-0.25, -0.2) is 8.78 Å². The Morgan fingerprint density at radius 3 is 2.80 bits per heavy atom. The second-order valence-corrected chi connectivity index (χ2v) is 5.43. The molecule has 1 aliphatic heterocycles. The number of carbonyl (C=O) groups is 1. The summed E-state index contributed by atoms with van der Waals surface area (Å²) >= 11 is 0. The van der Waals surface area contributed by atoms with E-state index in [1.54, 1.807) is 25.3 Å². The van der Waals surface area contributed by atoms with Gasteiger partial charge in [0.25, 0.3) is 5.91 Å². The van der Waals surface area contributed by atoms with Crippen LogP contribution in [0.25, 0.3) is 5.57 Å². The van der Waals surface area contributed by atoms with Crippen LogP contribution in [0.4, 0.5) is 25.8 Å². The first-order valence-electron chi connectivity index (χ1n) is 7.69. The molecule has 25 heavy (non-hydrogen) atoms. The maximum atomic E-state index is 14.1. The third kappa shape index (κ3) is 3.61. The van der Waals surface area contributed by atoms with Crippen LogP contribution in [-0.4, -0.2) is 26.2 Å². The molecule has 0 saturated carbocycles. The van der Waals surface area contributed by atoms with Crippen molar-refractivity contribution in [2.45, 2.75) is 0 Å². The molecule has 0 fully saturated rings. The van der Waals surface area contributed by atoms with Crippen LogP contribution in [-0.2, 0) is 9.53 Å². The van der Waals surface area contributed by atoms with Crippen molar-refractivity contribution in [3.63, 3.8) is 0 Å². The minimum absolute atomic E-state index is 0.163. The molecule has 130 valence electrons. The lowest BCUT2D eigenvalue weighted by molar-refractivity contribution is -0.110. The van der Waals surface area contributed by atoms with E-state index in [-0.39, 0.29) is 11.1 Å². The zero-order valence-corrected chi connectivity index (χ0v) is 13.5. The molecule has 2 aromatic rings. The van der Waals surface area contributed by atoms with Crippen LogP contribution < -0.4 is 16.0 Å². The van der Waals surface area contributed by atoms with Gasteiger partial charge in [0.05, 0.1) is 23.6 Å². The first-order valence-corrected chi connectivity index (χ1v) is 7.69. The molecule has 0 spiro atoms. The number of benzene rings is 2. The minimum Gasteiger partial charge on any atom is -0.383 e. The third-order valence-corrected chi connectivity index (χ3v) is 3.75. The van der Waals surface area contributed by atoms with Gasteiger partial charge in [-0.05, 0) is 30.3 Å². The smallest absolute Gasteiger partial charge is 0.257 e. The summed E-state index contributed by atoms with van der Waals surface area (Å²) in [5, 5.41) is 8.34. The van der Waals surface area contributed by atoms with E-state index in [1.807, 2.05) is 0 Å². The number of hydrogen-bond donors (Lipinski definition) is 3. The van der Waals surface area contributed by atoms with Crippen molar-refractivity contribution in [1.82, 2.24) is 0 Å². The summed E-state index contributed by atoms with van der Waals surface area (Å²) in [4.78, 5) is 12.0. The normalized spacial score (nSPS) is 14.4. The Balaban J connectivity index is 1.77. The van der Waals surface area contributed by atoms with Gasteiger partial charge in [0.2, 0.25) is 0 Å². The highest BCUT2D eigenvalue weighted by molar-refractivity contribution is 6.31. The van der Waals surface area contributed by atoms with E-state index >= 15 is 0 Å². The first-order chi connectivity index (χ1) is 12.1. The van der Waals surface area contributed by atoms with Crippen LogP contribution >= 0.6 is 0 Å². The van der Waals surface area contributed by atoms with Crippen molar-refractivity contribution in [3.8, 4) is 0 Å². The topological polar surface area (TPSA) is 62.4 Å². The predicted molar refractivity (Wildman–Crippen MR) is 93.4 cm³/mol. The summed E-state index contributed by atoms with van der Waals surface area (Å²) in [7, 11) is 1.57. The fourth-order valence-corrected chi connectivity index (χ4v) is 2.53. The van der Waals surface area contributed by atoms with Crippen LogP contribution in [0.15, 0.2) is 42.6 Å². The number of nitrogens with one attached hydrogen (secondary N) is 3. The van der Waals surface area contributed by atoms with Gasteiger partial charge in [0, 0.05) is 31.1 Å². The number of amides is 1. The van der Waals surface area contributed by atoms with Gasteiger partial charge < -0.3 is 20.7 Å². The Kier molecular flexibility index (Phi) is 4.95. The molecule has 1 heterocycles. The Labute approximate surface area is 143 Å². The summed E-state index contributed by atoms with van der Waals surface area (Å²) in [6.45, 7) is 0.950. The van der Waals surface area contributed by atoms with Crippen molar-refractivity contribution in [2.75, 3.05) is 36.2 Å². The highest BCUT2D eigenvalue weighted by Crippen LogP contribution is 2.33. The predicted octanol–water partition coefficient (Wildman–Crippen LogP) is 3.43. The van der Waals surface area contributed by atoms with Crippen molar-refractivity contribution in [3.05, 3.63) is 59.8 Å². The van der Waals surface area contributed by atoms with E-state index in [2.05, 4.69) is 16.0 Å². The van der Waals surface area contributed by atoms with Gasteiger partial charge in [0.1, 0.15) is 11.6 Å². The van der Waals surface area contributed by atoms with E-state index in [0.717, 1.165) is 0 Å². The second-order valence-electron chi connectivity index (χ2n) is 5.43. The zero-order valence-electron chi connectivity index (χ0n) is 13.5. The number of anilines is 3. The van der Waals surface area contributed by atoms with E-state index < -0.39 is 17.5 Å². The summed E-state index contributed by atoms with van der Waals surface area (Å²) in [5.74, 6) is -1.35. The number of fused-ring (bicyclic) bond motifs is 1. The molecule has 0 bridgehead atoms. The second kappa shape index (κ2) is 7.31. The zero-order chi connectivity index (χ0) is 17.8. The molecule has 2 aromatic carbocycles. The maximum Gasteiger partial charge on any atom is 0.257 e. The van der Waals surface area contributed by atoms with Gasteiger partial charge in [-0.15, -0.1) is 0 Å². The van der Waals surface area contributed by atoms with Gasteiger partial charge in [-0.2, -0.15) is 0 Å². The van der Waals surface area contributed by atoms with Gasteiger partial charge in [-0.1, -0.05) is 6.07 Å². The fraction of sp³-hybridized carbons (Fsp3) is 0.167. The molecular formula is C18H17F2N3O2. The molecule has 0 aromatic heterocycles. The van der Waals surface area contributed by atoms with Crippen LogP contribution in [0.5, 0.6) is 0 Å². The minimum atomic E-state index is -0.493. The van der Waals surface area contributed by atoms with E-state index in [4.69, 9.17) is 4.74 Å². The monoisotopic (exact) mass is 345 g/mol. The highest BCUT2D eigenvalue weighted by atomic mass is 19.1. The number of ether oxygens (including phenoxy) is 1. The van der Waals surface area contributed by atoms with Gasteiger partial charge >= 0.3 is 0 Å². The van der Waals surface area contributed by atoms with Crippen molar-refractivity contribution >= 4 is 28.5 Å². The van der Waals surface area contributed by atoms with Crippen LogP contribution in [0.3, 0.4) is 0 Å². The molecule has 0 aliphatic carbocycles. The van der Waals surface area contributed by atoms with E-state index in [1.165, 1.54) is 24.4 Å². The number of halogens is 2. The Hall–Kier alpha value is -2.93. The van der Waals surface area contributed by atoms with Crippen LogP contribution in [0.2, 0.25) is 0 Å². The molecule has 0 unspecified atom stereocenters. The molecule has 0 saturated heterocycles. The molecule has 1 amide bonds. The fourth-order valence-electron chi connectivity index (χ4n) is 2.53. The summed E-state index contributed by atoms with van der Waals surface area (Å²) in [5.41, 5.74) is 1.58. The van der Waals surface area contributed by atoms with Crippen molar-refractivity contribution in [2.24, 2.45) is 0 Å². The quantitative estimate of drug-likeness (QED) is 0.554. The van der Waals surface area contributed by atoms with E-state index in [0.29, 0.717) is 30.2 Å². The molecule has 7 heteroatoms. The molecule has 0 radical (unpaired) electrons. The Morgan fingerprint density at radius 1 is 1.20 bits per heavy atom. The van der Waals surface area contributed by atoms with E-state index in [9.17, 15) is 13.6 Å². The average Bonchev–Trinajstić information content (AvgIpc) is 2.91. The van der Waals surface area contributed by atoms with Crippen molar-refractivity contribution < 1.29 is 18.3 Å². The van der Waals surface area contributed by atoms with Gasteiger partial charge in [-0.3, -0.25) is 4.79 Å². The van der Waals surface area contributed by atoms with Crippen LogP contribution in [0.1, 0.15) is 5.56 Å². The first kappa shape index (κ1) is 16.9. The largest absolute Gasteiger partial charge is 0.383 e. The number of methoxy groups -OCH3 is 1. The number of hydrogen-bond acceptors (Lipinski definition) is 4. The van der Waals surface area contributed by atoms with Crippen LogP contribution in [0, 0.1) is 11.6 Å². The molecule has 5 nitrogen and oxygen atoms in total. The maximum absolute atomic E-state index is 14.1. The Bertz CT molecular complexity index is 837. The molecule has 0 atom stereocenters. The summed E-state index contributed by atoms with van der Waals surface area (Å²) in [6, 6.07) is 8.96. The molecular weight excluding hydrogens is 328 g/mol. The van der Waals surface area contributed by atoms with Crippen molar-refractivity contribution in [1.29, 1.82) is 0 Å². The van der Waals surface area contributed by atoms with Gasteiger partial charge in [0.15, 0.2) is 0 Å². The molecule has 3 rings (SSSR count). The SMILES string of the molecule is COCCNc1ccc(NC=C2C(=O)Nc3cccc(F)c32)cc1F. The number of carbonyl (C=O) groups excluding carboxylic acids is 1. The molecule has 3 N–H and O–H groups in total. The molecule has 1 aliphatic rings. The summed E-state index contributed by atoms with van der Waals surface area (Å²) in [6.07, 6.45) is 1.37. The lowest BCUT2D eigenvalue weighted by Crippen LogP contribution is -2.09. The third-order valence-electron chi connectivity index (χ3n) is 3.75.